The van der Waals surface area contributed by atoms with Gasteiger partial charge in [-0.05, 0) is 37.4 Å². The molecule has 0 fully saturated rings. The molecule has 1 aromatic carbocycles. The van der Waals surface area contributed by atoms with Crippen LogP contribution >= 0.6 is 0 Å². The van der Waals surface area contributed by atoms with Crippen molar-refractivity contribution in [1.82, 2.24) is 15.1 Å². The van der Waals surface area contributed by atoms with Crippen LogP contribution in [0.4, 0.5) is 0 Å². The average molecular weight is 271 g/mol. The molecule has 0 spiro atoms. The van der Waals surface area contributed by atoms with E-state index in [4.69, 9.17) is 0 Å². The fourth-order valence-electron chi connectivity index (χ4n) is 2.60. The van der Waals surface area contributed by atoms with Gasteiger partial charge in [0.05, 0.1) is 0 Å². The summed E-state index contributed by atoms with van der Waals surface area (Å²) < 4.78 is 2.13. The zero-order valence-corrected chi connectivity index (χ0v) is 12.5. The van der Waals surface area contributed by atoms with Crippen LogP contribution in [-0.4, -0.2) is 16.3 Å². The summed E-state index contributed by atoms with van der Waals surface area (Å²) in [6.45, 7) is 6.36. The standard InChI is InChI=1S/C17H25N3/c1-3-14-20-16(12-13-19-20)10-11-17(18-4-2)15-8-6-5-7-9-15/h5-9,12-13,17-18H,3-4,10-11,14H2,1-2H3. The third-order valence-corrected chi connectivity index (χ3v) is 3.58. The van der Waals surface area contributed by atoms with Gasteiger partial charge in [0.15, 0.2) is 0 Å². The molecule has 2 rings (SSSR count). The fourth-order valence-corrected chi connectivity index (χ4v) is 2.60. The Morgan fingerprint density at radius 2 is 1.95 bits per heavy atom. The van der Waals surface area contributed by atoms with Gasteiger partial charge in [-0.15, -0.1) is 0 Å². The topological polar surface area (TPSA) is 29.9 Å². The van der Waals surface area contributed by atoms with E-state index in [0.29, 0.717) is 6.04 Å². The van der Waals surface area contributed by atoms with Crippen molar-refractivity contribution in [2.45, 2.75) is 45.7 Å². The predicted octanol–water partition coefficient (Wildman–Crippen LogP) is 3.58. The van der Waals surface area contributed by atoms with Crippen molar-refractivity contribution in [1.29, 1.82) is 0 Å². The molecule has 0 aliphatic carbocycles. The minimum atomic E-state index is 0.422. The van der Waals surface area contributed by atoms with E-state index in [9.17, 15) is 0 Å². The Labute approximate surface area is 122 Å². The Hall–Kier alpha value is -1.61. The third-order valence-electron chi connectivity index (χ3n) is 3.58. The Morgan fingerprint density at radius 1 is 1.15 bits per heavy atom. The minimum Gasteiger partial charge on any atom is -0.310 e. The highest BCUT2D eigenvalue weighted by molar-refractivity contribution is 5.19. The molecule has 1 atom stereocenters. The number of nitrogens with zero attached hydrogens (tertiary/aromatic N) is 2. The molecule has 0 aliphatic rings. The van der Waals surface area contributed by atoms with Crippen molar-refractivity contribution in [3.05, 3.63) is 53.9 Å². The summed E-state index contributed by atoms with van der Waals surface area (Å²) in [6, 6.07) is 13.3. The van der Waals surface area contributed by atoms with E-state index in [1.807, 2.05) is 6.20 Å². The molecule has 0 saturated carbocycles. The molecule has 3 heteroatoms. The number of nitrogens with one attached hydrogen (secondary N) is 1. The van der Waals surface area contributed by atoms with E-state index < -0.39 is 0 Å². The van der Waals surface area contributed by atoms with Crippen LogP contribution in [0.2, 0.25) is 0 Å². The van der Waals surface area contributed by atoms with Crippen LogP contribution in [0.3, 0.4) is 0 Å². The van der Waals surface area contributed by atoms with Gasteiger partial charge in [0.25, 0.3) is 0 Å². The SMILES string of the molecule is CCCn1nccc1CCC(NCC)c1ccccc1. The second kappa shape index (κ2) is 7.85. The van der Waals surface area contributed by atoms with Gasteiger partial charge in [-0.3, -0.25) is 4.68 Å². The van der Waals surface area contributed by atoms with Crippen LogP contribution in [0.1, 0.15) is 44.0 Å². The van der Waals surface area contributed by atoms with Gasteiger partial charge in [0.1, 0.15) is 0 Å². The lowest BCUT2D eigenvalue weighted by molar-refractivity contribution is 0.495. The summed E-state index contributed by atoms with van der Waals surface area (Å²) in [5.74, 6) is 0. The summed E-state index contributed by atoms with van der Waals surface area (Å²) in [5, 5.41) is 7.98. The van der Waals surface area contributed by atoms with E-state index in [1.165, 1.54) is 11.3 Å². The molecule has 0 bridgehead atoms. The van der Waals surface area contributed by atoms with Gasteiger partial charge in [0.2, 0.25) is 0 Å². The molecule has 0 aliphatic heterocycles. The lowest BCUT2D eigenvalue weighted by Gasteiger charge is -2.18. The van der Waals surface area contributed by atoms with Crippen molar-refractivity contribution in [2.24, 2.45) is 0 Å². The van der Waals surface area contributed by atoms with Gasteiger partial charge in [-0.25, -0.2) is 0 Å². The highest BCUT2D eigenvalue weighted by atomic mass is 15.3. The smallest absolute Gasteiger partial charge is 0.0492 e. The first-order chi connectivity index (χ1) is 9.85. The Kier molecular flexibility index (Phi) is 5.81. The normalized spacial score (nSPS) is 12.5. The van der Waals surface area contributed by atoms with Gasteiger partial charge < -0.3 is 5.32 Å². The average Bonchev–Trinajstić information content (AvgIpc) is 2.92. The largest absolute Gasteiger partial charge is 0.310 e. The zero-order chi connectivity index (χ0) is 14.2. The summed E-state index contributed by atoms with van der Waals surface area (Å²) in [7, 11) is 0. The maximum Gasteiger partial charge on any atom is 0.0492 e. The molecule has 1 heterocycles. The number of rotatable bonds is 8. The van der Waals surface area contributed by atoms with Gasteiger partial charge in [-0.2, -0.15) is 5.10 Å². The Balaban J connectivity index is 2.00. The van der Waals surface area contributed by atoms with Crippen LogP contribution in [0.5, 0.6) is 0 Å². The summed E-state index contributed by atoms with van der Waals surface area (Å²) >= 11 is 0. The number of aryl methyl sites for hydroxylation is 2. The molecule has 0 saturated heterocycles. The number of benzene rings is 1. The summed E-state index contributed by atoms with van der Waals surface area (Å²) in [5.41, 5.74) is 2.71. The predicted molar refractivity (Wildman–Crippen MR) is 83.7 cm³/mol. The lowest BCUT2D eigenvalue weighted by Crippen LogP contribution is -2.21. The van der Waals surface area contributed by atoms with Crippen molar-refractivity contribution in [3.8, 4) is 0 Å². The van der Waals surface area contributed by atoms with Gasteiger partial charge >= 0.3 is 0 Å². The maximum atomic E-state index is 4.40. The van der Waals surface area contributed by atoms with Crippen molar-refractivity contribution < 1.29 is 0 Å². The second-order valence-corrected chi connectivity index (χ2v) is 5.11. The monoisotopic (exact) mass is 271 g/mol. The molecule has 0 amide bonds. The molecule has 1 aromatic heterocycles. The van der Waals surface area contributed by atoms with Crippen molar-refractivity contribution in [2.75, 3.05) is 6.54 Å². The lowest BCUT2D eigenvalue weighted by atomic mass is 10.0. The molecule has 2 aromatic rings. The van der Waals surface area contributed by atoms with Crippen LogP contribution in [-0.2, 0) is 13.0 Å². The molecule has 1 N–H and O–H groups in total. The molecule has 1 unspecified atom stereocenters. The van der Waals surface area contributed by atoms with Crippen LogP contribution in [0.25, 0.3) is 0 Å². The van der Waals surface area contributed by atoms with E-state index in [0.717, 1.165) is 32.4 Å². The molecule has 3 nitrogen and oxygen atoms in total. The van der Waals surface area contributed by atoms with E-state index >= 15 is 0 Å². The van der Waals surface area contributed by atoms with Crippen LogP contribution in [0.15, 0.2) is 42.6 Å². The zero-order valence-electron chi connectivity index (χ0n) is 12.5. The van der Waals surface area contributed by atoms with Crippen LogP contribution < -0.4 is 5.32 Å². The van der Waals surface area contributed by atoms with Gasteiger partial charge in [0, 0.05) is 24.5 Å². The molecular weight excluding hydrogens is 246 g/mol. The second-order valence-electron chi connectivity index (χ2n) is 5.11. The number of hydrogen-bond acceptors (Lipinski definition) is 2. The highest BCUT2D eigenvalue weighted by Crippen LogP contribution is 2.19. The number of hydrogen-bond donors (Lipinski definition) is 1. The third kappa shape index (κ3) is 3.94. The molecule has 0 radical (unpaired) electrons. The highest BCUT2D eigenvalue weighted by Gasteiger charge is 2.11. The quantitative estimate of drug-likeness (QED) is 0.795. The van der Waals surface area contributed by atoms with E-state index in [2.05, 4.69) is 65.3 Å². The van der Waals surface area contributed by atoms with Crippen LogP contribution in [0, 0.1) is 0 Å². The first-order valence-corrected chi connectivity index (χ1v) is 7.64. The summed E-state index contributed by atoms with van der Waals surface area (Å²) in [4.78, 5) is 0. The molecule has 20 heavy (non-hydrogen) atoms. The Bertz CT molecular complexity index is 490. The fraction of sp³-hybridized carbons (Fsp3) is 0.471. The molecule has 108 valence electrons. The molecular formula is C17H25N3. The van der Waals surface area contributed by atoms with E-state index in [-0.39, 0.29) is 0 Å². The summed E-state index contributed by atoms with van der Waals surface area (Å²) in [6.07, 6.45) is 5.21. The first-order valence-electron chi connectivity index (χ1n) is 7.64. The minimum absolute atomic E-state index is 0.422. The number of aromatic nitrogens is 2. The maximum absolute atomic E-state index is 4.40. The van der Waals surface area contributed by atoms with E-state index in [1.54, 1.807) is 0 Å². The van der Waals surface area contributed by atoms with Crippen molar-refractivity contribution in [3.63, 3.8) is 0 Å². The van der Waals surface area contributed by atoms with Gasteiger partial charge in [-0.1, -0.05) is 44.2 Å². The Morgan fingerprint density at radius 3 is 2.65 bits per heavy atom. The first kappa shape index (κ1) is 14.8. The van der Waals surface area contributed by atoms with Crippen molar-refractivity contribution >= 4 is 0 Å².